The summed E-state index contributed by atoms with van der Waals surface area (Å²) in [6.07, 6.45) is 6.31. The monoisotopic (exact) mass is 300 g/mol. The first-order valence-electron chi connectivity index (χ1n) is 5.92. The van der Waals surface area contributed by atoms with Crippen LogP contribution in [0.15, 0.2) is 15.9 Å². The second-order valence-corrected chi connectivity index (χ2v) is 6.58. The third kappa shape index (κ3) is 2.40. The van der Waals surface area contributed by atoms with Gasteiger partial charge in [-0.05, 0) is 41.3 Å². The summed E-state index contributed by atoms with van der Waals surface area (Å²) in [5.41, 5.74) is 0.0104. The SMILES string of the molecule is CCC1(C(=O)Cc2cc(Br)cs2)CCCC1. The fourth-order valence-electron chi connectivity index (χ4n) is 2.67. The highest BCUT2D eigenvalue weighted by Crippen LogP contribution is 2.42. The molecule has 0 saturated heterocycles. The van der Waals surface area contributed by atoms with E-state index in [4.69, 9.17) is 0 Å². The minimum absolute atomic E-state index is 0.0104. The van der Waals surface area contributed by atoms with Crippen LogP contribution in [0.2, 0.25) is 0 Å². The van der Waals surface area contributed by atoms with Gasteiger partial charge in [-0.2, -0.15) is 0 Å². The van der Waals surface area contributed by atoms with Gasteiger partial charge < -0.3 is 0 Å². The Kier molecular flexibility index (Phi) is 3.85. The van der Waals surface area contributed by atoms with Crippen molar-refractivity contribution < 1.29 is 4.79 Å². The molecule has 1 aromatic rings. The molecule has 1 aromatic heterocycles. The smallest absolute Gasteiger partial charge is 0.144 e. The summed E-state index contributed by atoms with van der Waals surface area (Å²) in [7, 11) is 0. The lowest BCUT2D eigenvalue weighted by Crippen LogP contribution is -2.28. The van der Waals surface area contributed by atoms with Gasteiger partial charge in [0.1, 0.15) is 5.78 Å². The lowest BCUT2D eigenvalue weighted by atomic mass is 9.78. The summed E-state index contributed by atoms with van der Waals surface area (Å²) in [5.74, 6) is 0.460. The Morgan fingerprint density at radius 1 is 1.50 bits per heavy atom. The molecule has 0 amide bonds. The number of thiophene rings is 1. The summed E-state index contributed by atoms with van der Waals surface area (Å²) >= 11 is 5.11. The van der Waals surface area contributed by atoms with Crippen LogP contribution in [0.25, 0.3) is 0 Å². The predicted octanol–water partition coefficient (Wildman–Crippen LogP) is 4.59. The molecule has 1 nitrogen and oxygen atoms in total. The molecule has 1 fully saturated rings. The molecule has 1 aliphatic rings. The summed E-state index contributed by atoms with van der Waals surface area (Å²) in [6.45, 7) is 2.16. The summed E-state index contributed by atoms with van der Waals surface area (Å²) in [6, 6.07) is 2.07. The van der Waals surface area contributed by atoms with Crippen LogP contribution >= 0.6 is 27.3 Å². The zero-order valence-electron chi connectivity index (χ0n) is 9.59. The van der Waals surface area contributed by atoms with Crippen LogP contribution in [0.4, 0.5) is 0 Å². The number of rotatable bonds is 4. The van der Waals surface area contributed by atoms with Crippen molar-refractivity contribution in [2.45, 2.75) is 45.4 Å². The molecule has 88 valence electrons. The molecule has 0 N–H and O–H groups in total. The first-order valence-corrected chi connectivity index (χ1v) is 7.60. The van der Waals surface area contributed by atoms with E-state index in [2.05, 4.69) is 34.3 Å². The van der Waals surface area contributed by atoms with Gasteiger partial charge in [0, 0.05) is 26.6 Å². The molecule has 0 aliphatic heterocycles. The van der Waals surface area contributed by atoms with E-state index in [1.807, 2.05) is 0 Å². The lowest BCUT2D eigenvalue weighted by Gasteiger charge is -2.25. The van der Waals surface area contributed by atoms with Crippen LogP contribution in [0, 0.1) is 5.41 Å². The van der Waals surface area contributed by atoms with Gasteiger partial charge in [-0.15, -0.1) is 11.3 Å². The maximum atomic E-state index is 12.4. The van der Waals surface area contributed by atoms with Crippen molar-refractivity contribution in [3.05, 3.63) is 20.8 Å². The van der Waals surface area contributed by atoms with E-state index < -0.39 is 0 Å². The normalized spacial score (nSPS) is 18.9. The van der Waals surface area contributed by atoms with E-state index in [1.165, 1.54) is 17.7 Å². The fraction of sp³-hybridized carbons (Fsp3) is 0.615. The zero-order valence-corrected chi connectivity index (χ0v) is 12.0. The van der Waals surface area contributed by atoms with Crippen molar-refractivity contribution >= 4 is 33.0 Å². The number of halogens is 1. The first kappa shape index (κ1) is 12.3. The Balaban J connectivity index is 2.07. The Labute approximate surface area is 109 Å². The van der Waals surface area contributed by atoms with Gasteiger partial charge >= 0.3 is 0 Å². The predicted molar refractivity (Wildman–Crippen MR) is 71.9 cm³/mol. The maximum absolute atomic E-state index is 12.4. The topological polar surface area (TPSA) is 17.1 Å². The number of Topliss-reactive ketones (excluding diaryl/α,β-unsaturated/α-hetero) is 1. The molecule has 0 bridgehead atoms. The molecule has 1 heterocycles. The number of carbonyl (C=O) groups excluding carboxylic acids is 1. The Morgan fingerprint density at radius 2 is 2.19 bits per heavy atom. The van der Waals surface area contributed by atoms with Crippen molar-refractivity contribution in [1.29, 1.82) is 0 Å². The first-order chi connectivity index (χ1) is 7.66. The van der Waals surface area contributed by atoms with Crippen LogP contribution < -0.4 is 0 Å². The van der Waals surface area contributed by atoms with Crippen molar-refractivity contribution in [2.75, 3.05) is 0 Å². The molecular formula is C13H17BrOS. The van der Waals surface area contributed by atoms with Crippen molar-refractivity contribution in [1.82, 2.24) is 0 Å². The third-order valence-electron chi connectivity index (χ3n) is 3.79. The van der Waals surface area contributed by atoms with Gasteiger partial charge in [-0.25, -0.2) is 0 Å². The van der Waals surface area contributed by atoms with Crippen molar-refractivity contribution in [3.63, 3.8) is 0 Å². The minimum atomic E-state index is 0.0104. The largest absolute Gasteiger partial charge is 0.299 e. The average molecular weight is 301 g/mol. The summed E-state index contributed by atoms with van der Waals surface area (Å²) in [4.78, 5) is 13.6. The highest BCUT2D eigenvalue weighted by atomic mass is 79.9. The standard InChI is InChI=1S/C13H17BrOS/c1-2-13(5-3-4-6-13)12(15)8-11-7-10(14)9-16-11/h7,9H,2-6,8H2,1H3. The molecule has 2 rings (SSSR count). The van der Waals surface area contributed by atoms with Crippen LogP contribution in [-0.2, 0) is 11.2 Å². The minimum Gasteiger partial charge on any atom is -0.299 e. The van der Waals surface area contributed by atoms with E-state index in [-0.39, 0.29) is 5.41 Å². The van der Waals surface area contributed by atoms with Crippen LogP contribution in [0.1, 0.15) is 43.9 Å². The molecule has 0 unspecified atom stereocenters. The molecule has 0 spiro atoms. The van der Waals surface area contributed by atoms with Crippen molar-refractivity contribution in [3.8, 4) is 0 Å². The van der Waals surface area contributed by atoms with E-state index in [0.29, 0.717) is 12.2 Å². The van der Waals surface area contributed by atoms with E-state index in [9.17, 15) is 4.79 Å². The molecule has 0 radical (unpaired) electrons. The second kappa shape index (κ2) is 5.01. The lowest BCUT2D eigenvalue weighted by molar-refractivity contribution is -0.128. The van der Waals surface area contributed by atoms with Gasteiger partial charge in [0.25, 0.3) is 0 Å². The number of hydrogen-bond donors (Lipinski definition) is 0. The van der Waals surface area contributed by atoms with Crippen molar-refractivity contribution in [2.24, 2.45) is 5.41 Å². The summed E-state index contributed by atoms with van der Waals surface area (Å²) < 4.78 is 1.09. The van der Waals surface area contributed by atoms with Gasteiger partial charge in [0.15, 0.2) is 0 Å². The molecule has 0 aromatic carbocycles. The highest BCUT2D eigenvalue weighted by molar-refractivity contribution is 9.10. The number of ketones is 1. The Morgan fingerprint density at radius 3 is 2.69 bits per heavy atom. The molecule has 0 atom stereocenters. The fourth-order valence-corrected chi connectivity index (χ4v) is 4.12. The van der Waals surface area contributed by atoms with Gasteiger partial charge in [-0.3, -0.25) is 4.79 Å². The van der Waals surface area contributed by atoms with Gasteiger partial charge in [0.05, 0.1) is 0 Å². The molecule has 1 saturated carbocycles. The maximum Gasteiger partial charge on any atom is 0.144 e. The van der Waals surface area contributed by atoms with E-state index in [0.717, 1.165) is 23.7 Å². The second-order valence-electron chi connectivity index (χ2n) is 4.67. The molecular weight excluding hydrogens is 284 g/mol. The van der Waals surface area contributed by atoms with Crippen LogP contribution in [-0.4, -0.2) is 5.78 Å². The molecule has 3 heteroatoms. The Bertz CT molecular complexity index is 377. The number of carbonyl (C=O) groups is 1. The van der Waals surface area contributed by atoms with E-state index in [1.54, 1.807) is 11.3 Å². The quantitative estimate of drug-likeness (QED) is 0.794. The Hall–Kier alpha value is -0.150. The van der Waals surface area contributed by atoms with Crippen LogP contribution in [0.3, 0.4) is 0 Å². The molecule has 1 aliphatic carbocycles. The third-order valence-corrected chi connectivity index (χ3v) is 5.48. The zero-order chi connectivity index (χ0) is 11.6. The van der Waals surface area contributed by atoms with E-state index >= 15 is 0 Å². The van der Waals surface area contributed by atoms with Crippen LogP contribution in [0.5, 0.6) is 0 Å². The van der Waals surface area contributed by atoms with Gasteiger partial charge in [0.2, 0.25) is 0 Å². The highest BCUT2D eigenvalue weighted by Gasteiger charge is 2.38. The molecule has 16 heavy (non-hydrogen) atoms. The van der Waals surface area contributed by atoms with Gasteiger partial charge in [-0.1, -0.05) is 19.8 Å². The average Bonchev–Trinajstić information content (AvgIpc) is 2.88. The number of hydrogen-bond acceptors (Lipinski definition) is 2. The summed E-state index contributed by atoms with van der Waals surface area (Å²) in [5, 5.41) is 2.05.